The maximum atomic E-state index is 12.0. The Morgan fingerprint density at radius 1 is 1.50 bits per heavy atom. The van der Waals surface area contributed by atoms with Crippen LogP contribution in [0.2, 0.25) is 0 Å². The van der Waals surface area contributed by atoms with Gasteiger partial charge in [0.25, 0.3) is 0 Å². The number of amides is 1. The van der Waals surface area contributed by atoms with Crippen LogP contribution in [0.5, 0.6) is 0 Å². The fourth-order valence-electron chi connectivity index (χ4n) is 2.49. The third-order valence-corrected chi connectivity index (χ3v) is 3.66. The van der Waals surface area contributed by atoms with E-state index in [1.54, 1.807) is 0 Å². The van der Waals surface area contributed by atoms with E-state index in [0.717, 1.165) is 39.0 Å². The number of nitrogens with two attached hydrogens (primary N) is 1. The SMILES string of the molecule is CCCN(CC(=O)NCC1CCCO1)CC(C)(C)CN. The van der Waals surface area contributed by atoms with Crippen molar-refractivity contribution in [2.24, 2.45) is 11.1 Å². The van der Waals surface area contributed by atoms with Gasteiger partial charge in [-0.3, -0.25) is 9.69 Å². The van der Waals surface area contributed by atoms with Crippen LogP contribution in [0.1, 0.15) is 40.0 Å². The summed E-state index contributed by atoms with van der Waals surface area (Å²) in [6.45, 7) is 10.7. The maximum Gasteiger partial charge on any atom is 0.234 e. The van der Waals surface area contributed by atoms with E-state index in [-0.39, 0.29) is 17.4 Å². The molecule has 1 fully saturated rings. The number of ether oxygens (including phenoxy) is 1. The first-order valence-electron chi connectivity index (χ1n) is 7.77. The van der Waals surface area contributed by atoms with Gasteiger partial charge in [-0.05, 0) is 37.8 Å². The highest BCUT2D eigenvalue weighted by Crippen LogP contribution is 2.15. The van der Waals surface area contributed by atoms with Crippen molar-refractivity contribution in [1.29, 1.82) is 0 Å². The minimum atomic E-state index is 0.0456. The lowest BCUT2D eigenvalue weighted by atomic mass is 9.93. The van der Waals surface area contributed by atoms with Crippen LogP contribution < -0.4 is 11.1 Å². The van der Waals surface area contributed by atoms with E-state index in [1.165, 1.54) is 0 Å². The summed E-state index contributed by atoms with van der Waals surface area (Å²) in [7, 11) is 0. The molecule has 0 aromatic heterocycles. The van der Waals surface area contributed by atoms with E-state index in [4.69, 9.17) is 10.5 Å². The molecule has 1 atom stereocenters. The van der Waals surface area contributed by atoms with Crippen LogP contribution in [0.15, 0.2) is 0 Å². The monoisotopic (exact) mass is 285 g/mol. The summed E-state index contributed by atoms with van der Waals surface area (Å²) < 4.78 is 5.51. The largest absolute Gasteiger partial charge is 0.376 e. The molecular weight excluding hydrogens is 254 g/mol. The topological polar surface area (TPSA) is 67.6 Å². The first-order chi connectivity index (χ1) is 9.46. The maximum absolute atomic E-state index is 12.0. The molecule has 1 saturated heterocycles. The third kappa shape index (κ3) is 6.68. The molecule has 0 aromatic rings. The number of hydrogen-bond acceptors (Lipinski definition) is 4. The van der Waals surface area contributed by atoms with Crippen LogP contribution in [0, 0.1) is 5.41 Å². The van der Waals surface area contributed by atoms with E-state index in [0.29, 0.717) is 19.6 Å². The van der Waals surface area contributed by atoms with Crippen LogP contribution in [-0.4, -0.2) is 56.2 Å². The van der Waals surface area contributed by atoms with Crippen molar-refractivity contribution in [2.45, 2.75) is 46.1 Å². The smallest absolute Gasteiger partial charge is 0.234 e. The molecule has 0 bridgehead atoms. The summed E-state index contributed by atoms with van der Waals surface area (Å²) in [4.78, 5) is 14.2. The molecule has 0 saturated carbocycles. The van der Waals surface area contributed by atoms with E-state index < -0.39 is 0 Å². The molecule has 1 unspecified atom stereocenters. The highest BCUT2D eigenvalue weighted by Gasteiger charge is 2.22. The van der Waals surface area contributed by atoms with E-state index in [2.05, 4.69) is 31.0 Å². The summed E-state index contributed by atoms with van der Waals surface area (Å²) in [6.07, 6.45) is 3.41. The van der Waals surface area contributed by atoms with Gasteiger partial charge < -0.3 is 15.8 Å². The summed E-state index contributed by atoms with van der Waals surface area (Å²) >= 11 is 0. The molecular formula is C15H31N3O2. The molecule has 0 spiro atoms. The van der Waals surface area contributed by atoms with E-state index >= 15 is 0 Å². The number of hydrogen-bond donors (Lipinski definition) is 2. The standard InChI is InChI=1S/C15H31N3O2/c1-4-7-18(12-15(2,3)11-16)10-14(19)17-9-13-6-5-8-20-13/h13H,4-12,16H2,1-3H3,(H,17,19). The zero-order valence-corrected chi connectivity index (χ0v) is 13.3. The molecule has 1 aliphatic rings. The van der Waals surface area contributed by atoms with Gasteiger partial charge in [0.1, 0.15) is 0 Å². The third-order valence-electron chi connectivity index (χ3n) is 3.66. The molecule has 1 heterocycles. The number of carbonyl (C=O) groups excluding carboxylic acids is 1. The van der Waals surface area contributed by atoms with Crippen LogP contribution >= 0.6 is 0 Å². The Bertz CT molecular complexity index is 289. The number of nitrogens with one attached hydrogen (secondary N) is 1. The van der Waals surface area contributed by atoms with Gasteiger partial charge in [-0.25, -0.2) is 0 Å². The zero-order valence-electron chi connectivity index (χ0n) is 13.3. The molecule has 3 N–H and O–H groups in total. The first-order valence-corrected chi connectivity index (χ1v) is 7.77. The van der Waals surface area contributed by atoms with Crippen LogP contribution in [0.4, 0.5) is 0 Å². The summed E-state index contributed by atoms with van der Waals surface area (Å²) in [5.74, 6) is 0.0850. The second-order valence-electron chi connectivity index (χ2n) is 6.52. The normalized spacial score (nSPS) is 19.6. The van der Waals surface area contributed by atoms with Gasteiger partial charge in [-0.15, -0.1) is 0 Å². The van der Waals surface area contributed by atoms with Crippen molar-refractivity contribution >= 4 is 5.91 Å². The van der Waals surface area contributed by atoms with Gasteiger partial charge >= 0.3 is 0 Å². The Labute approximate surface area is 123 Å². The Morgan fingerprint density at radius 2 is 2.25 bits per heavy atom. The molecule has 1 rings (SSSR count). The first kappa shape index (κ1) is 17.4. The molecule has 20 heavy (non-hydrogen) atoms. The highest BCUT2D eigenvalue weighted by atomic mass is 16.5. The molecule has 1 aliphatic heterocycles. The second-order valence-corrected chi connectivity index (χ2v) is 6.52. The minimum absolute atomic E-state index is 0.0456. The molecule has 5 heteroatoms. The lowest BCUT2D eigenvalue weighted by Gasteiger charge is -2.31. The van der Waals surface area contributed by atoms with Crippen molar-refractivity contribution in [3.8, 4) is 0 Å². The molecule has 0 aromatic carbocycles. The summed E-state index contributed by atoms with van der Waals surface area (Å²) in [5, 5.41) is 2.98. The zero-order chi connectivity index (χ0) is 15.0. The number of nitrogens with zero attached hydrogens (tertiary/aromatic N) is 1. The van der Waals surface area contributed by atoms with Gasteiger partial charge in [0.15, 0.2) is 0 Å². The average molecular weight is 285 g/mol. The van der Waals surface area contributed by atoms with Gasteiger partial charge in [0.2, 0.25) is 5.91 Å². The van der Waals surface area contributed by atoms with E-state index in [1.807, 2.05) is 0 Å². The molecule has 5 nitrogen and oxygen atoms in total. The predicted molar refractivity (Wildman–Crippen MR) is 81.6 cm³/mol. The van der Waals surface area contributed by atoms with Crippen molar-refractivity contribution in [3.05, 3.63) is 0 Å². The Kier molecular flexibility index (Phi) is 7.48. The van der Waals surface area contributed by atoms with Crippen LogP contribution in [-0.2, 0) is 9.53 Å². The fraction of sp³-hybridized carbons (Fsp3) is 0.933. The Balaban J connectivity index is 2.33. The predicted octanol–water partition coefficient (Wildman–Crippen LogP) is 0.979. The lowest BCUT2D eigenvalue weighted by molar-refractivity contribution is -0.123. The van der Waals surface area contributed by atoms with Crippen LogP contribution in [0.25, 0.3) is 0 Å². The van der Waals surface area contributed by atoms with Crippen molar-refractivity contribution in [3.63, 3.8) is 0 Å². The number of carbonyl (C=O) groups is 1. The lowest BCUT2D eigenvalue weighted by Crippen LogP contribution is -2.45. The van der Waals surface area contributed by atoms with E-state index in [9.17, 15) is 4.79 Å². The van der Waals surface area contributed by atoms with Gasteiger partial charge in [0.05, 0.1) is 12.6 Å². The second kappa shape index (κ2) is 8.60. The van der Waals surface area contributed by atoms with Gasteiger partial charge in [0, 0.05) is 19.7 Å². The van der Waals surface area contributed by atoms with Gasteiger partial charge in [-0.2, -0.15) is 0 Å². The fourth-order valence-corrected chi connectivity index (χ4v) is 2.49. The quantitative estimate of drug-likeness (QED) is 0.662. The minimum Gasteiger partial charge on any atom is -0.376 e. The van der Waals surface area contributed by atoms with Crippen molar-refractivity contribution in [2.75, 3.05) is 39.3 Å². The summed E-state index contributed by atoms with van der Waals surface area (Å²) in [5.41, 5.74) is 5.82. The molecule has 0 aliphatic carbocycles. The van der Waals surface area contributed by atoms with Gasteiger partial charge in [-0.1, -0.05) is 20.8 Å². The number of rotatable bonds is 9. The highest BCUT2D eigenvalue weighted by molar-refractivity contribution is 5.78. The average Bonchev–Trinajstić information content (AvgIpc) is 2.89. The molecule has 118 valence electrons. The molecule has 1 amide bonds. The van der Waals surface area contributed by atoms with Crippen LogP contribution in [0.3, 0.4) is 0 Å². The Hall–Kier alpha value is -0.650. The summed E-state index contributed by atoms with van der Waals surface area (Å²) in [6, 6.07) is 0. The van der Waals surface area contributed by atoms with Crippen molar-refractivity contribution < 1.29 is 9.53 Å². The Morgan fingerprint density at radius 3 is 2.80 bits per heavy atom. The van der Waals surface area contributed by atoms with Crippen molar-refractivity contribution in [1.82, 2.24) is 10.2 Å². The molecule has 0 radical (unpaired) electrons.